The van der Waals surface area contributed by atoms with E-state index in [1.807, 2.05) is 19.1 Å². The molecule has 1 heterocycles. The summed E-state index contributed by atoms with van der Waals surface area (Å²) in [5.74, 6) is -0.331. The van der Waals surface area contributed by atoms with Crippen LogP contribution in [0, 0.1) is 6.92 Å². The molecule has 2 aromatic rings. The molecule has 0 unspecified atom stereocenters. The summed E-state index contributed by atoms with van der Waals surface area (Å²) in [6.07, 6.45) is 0. The van der Waals surface area contributed by atoms with Crippen molar-refractivity contribution in [2.75, 3.05) is 31.5 Å². The molecule has 1 aliphatic heterocycles. The molecular formula is C18H21N3O3S. The third-order valence-electron chi connectivity index (χ3n) is 4.14. The van der Waals surface area contributed by atoms with Gasteiger partial charge in [0.15, 0.2) is 0 Å². The molecule has 6 nitrogen and oxygen atoms in total. The smallest absolute Gasteiger partial charge is 0.255 e. The highest BCUT2D eigenvalue weighted by atomic mass is 32.2. The van der Waals surface area contributed by atoms with E-state index >= 15 is 0 Å². The van der Waals surface area contributed by atoms with Crippen molar-refractivity contribution in [1.29, 1.82) is 0 Å². The van der Waals surface area contributed by atoms with Crippen LogP contribution in [0.2, 0.25) is 0 Å². The Kier molecular flexibility index (Phi) is 5.17. The summed E-state index contributed by atoms with van der Waals surface area (Å²) in [4.78, 5) is 12.6. The first-order chi connectivity index (χ1) is 12.0. The van der Waals surface area contributed by atoms with Crippen LogP contribution in [0.15, 0.2) is 53.4 Å². The predicted octanol–water partition coefficient (Wildman–Crippen LogP) is 1.84. The normalized spacial score (nSPS) is 15.7. The number of hydrogen-bond acceptors (Lipinski definition) is 4. The van der Waals surface area contributed by atoms with Crippen molar-refractivity contribution < 1.29 is 13.2 Å². The van der Waals surface area contributed by atoms with Gasteiger partial charge >= 0.3 is 0 Å². The number of para-hydroxylation sites is 1. The van der Waals surface area contributed by atoms with Gasteiger partial charge in [-0.05, 0) is 31.2 Å². The molecule has 132 valence electrons. The van der Waals surface area contributed by atoms with Crippen molar-refractivity contribution in [2.45, 2.75) is 11.8 Å². The van der Waals surface area contributed by atoms with Gasteiger partial charge in [-0.2, -0.15) is 4.31 Å². The van der Waals surface area contributed by atoms with Crippen LogP contribution in [0.25, 0.3) is 0 Å². The number of aryl methyl sites for hydroxylation is 1. The summed E-state index contributed by atoms with van der Waals surface area (Å²) < 4.78 is 27.3. The minimum atomic E-state index is -3.65. The SMILES string of the molecule is Cc1ccc(C(=O)Nc2ccccc2S(=O)(=O)N2CCNCC2)cc1. The lowest BCUT2D eigenvalue weighted by atomic mass is 10.1. The van der Waals surface area contributed by atoms with Crippen molar-refractivity contribution in [2.24, 2.45) is 0 Å². The fourth-order valence-corrected chi connectivity index (χ4v) is 4.31. The Morgan fingerprint density at radius 1 is 1.04 bits per heavy atom. The van der Waals surface area contributed by atoms with Crippen molar-refractivity contribution in [1.82, 2.24) is 9.62 Å². The van der Waals surface area contributed by atoms with Crippen LogP contribution in [-0.4, -0.2) is 44.8 Å². The standard InChI is InChI=1S/C18H21N3O3S/c1-14-6-8-15(9-7-14)18(22)20-16-4-2-3-5-17(16)25(23,24)21-12-10-19-11-13-21/h2-9,19H,10-13H2,1H3,(H,20,22). The van der Waals surface area contributed by atoms with Crippen molar-refractivity contribution >= 4 is 21.6 Å². The first kappa shape index (κ1) is 17.6. The molecule has 1 amide bonds. The van der Waals surface area contributed by atoms with Gasteiger partial charge in [-0.15, -0.1) is 0 Å². The third-order valence-corrected chi connectivity index (χ3v) is 6.10. The topological polar surface area (TPSA) is 78.5 Å². The number of hydrogen-bond donors (Lipinski definition) is 2. The van der Waals surface area contributed by atoms with Crippen LogP contribution in [0.3, 0.4) is 0 Å². The molecule has 1 aliphatic rings. The fourth-order valence-electron chi connectivity index (χ4n) is 2.72. The van der Waals surface area contributed by atoms with E-state index in [2.05, 4.69) is 10.6 Å². The van der Waals surface area contributed by atoms with Crippen LogP contribution < -0.4 is 10.6 Å². The summed E-state index contributed by atoms with van der Waals surface area (Å²) in [6, 6.07) is 13.6. The minimum absolute atomic E-state index is 0.123. The van der Waals surface area contributed by atoms with Crippen LogP contribution in [0.1, 0.15) is 15.9 Å². The zero-order chi connectivity index (χ0) is 17.9. The molecule has 0 atom stereocenters. The van der Waals surface area contributed by atoms with E-state index in [0.717, 1.165) is 5.56 Å². The summed E-state index contributed by atoms with van der Waals surface area (Å²) in [7, 11) is -3.65. The van der Waals surface area contributed by atoms with Crippen LogP contribution in [0.4, 0.5) is 5.69 Å². The molecule has 7 heteroatoms. The molecule has 0 aromatic heterocycles. The minimum Gasteiger partial charge on any atom is -0.321 e. The Morgan fingerprint density at radius 2 is 1.68 bits per heavy atom. The van der Waals surface area contributed by atoms with Gasteiger partial charge in [-0.1, -0.05) is 29.8 Å². The number of amides is 1. The molecule has 2 aromatic carbocycles. The van der Waals surface area contributed by atoms with Crippen LogP contribution in [0.5, 0.6) is 0 Å². The Morgan fingerprint density at radius 3 is 2.36 bits per heavy atom. The number of nitrogens with zero attached hydrogens (tertiary/aromatic N) is 1. The molecule has 0 aliphatic carbocycles. The summed E-state index contributed by atoms with van der Waals surface area (Å²) in [5.41, 5.74) is 1.84. The van der Waals surface area contributed by atoms with E-state index in [9.17, 15) is 13.2 Å². The highest BCUT2D eigenvalue weighted by molar-refractivity contribution is 7.89. The quantitative estimate of drug-likeness (QED) is 0.873. The van der Waals surface area contributed by atoms with Gasteiger partial charge in [0.25, 0.3) is 5.91 Å². The lowest BCUT2D eigenvalue weighted by Crippen LogP contribution is -2.46. The van der Waals surface area contributed by atoms with E-state index in [-0.39, 0.29) is 10.8 Å². The first-order valence-electron chi connectivity index (χ1n) is 8.16. The van der Waals surface area contributed by atoms with Crippen molar-refractivity contribution in [3.63, 3.8) is 0 Å². The Hall–Kier alpha value is -2.22. The van der Waals surface area contributed by atoms with Crippen molar-refractivity contribution in [3.05, 3.63) is 59.7 Å². The molecule has 1 saturated heterocycles. The van der Waals surface area contributed by atoms with E-state index < -0.39 is 10.0 Å². The molecule has 0 spiro atoms. The summed E-state index contributed by atoms with van der Waals surface area (Å²) in [5, 5.41) is 5.87. The fraction of sp³-hybridized carbons (Fsp3) is 0.278. The highest BCUT2D eigenvalue weighted by Gasteiger charge is 2.28. The molecule has 3 rings (SSSR count). The number of sulfonamides is 1. The second kappa shape index (κ2) is 7.35. The first-order valence-corrected chi connectivity index (χ1v) is 9.60. The number of rotatable bonds is 4. The average Bonchev–Trinajstić information content (AvgIpc) is 2.63. The lowest BCUT2D eigenvalue weighted by Gasteiger charge is -2.27. The second-order valence-corrected chi connectivity index (χ2v) is 7.88. The van der Waals surface area contributed by atoms with Gasteiger partial charge in [0.05, 0.1) is 5.69 Å². The van der Waals surface area contributed by atoms with Crippen LogP contribution in [-0.2, 0) is 10.0 Å². The van der Waals surface area contributed by atoms with Crippen LogP contribution >= 0.6 is 0 Å². The van der Waals surface area contributed by atoms with E-state index in [4.69, 9.17) is 0 Å². The maximum atomic E-state index is 12.9. The monoisotopic (exact) mass is 359 g/mol. The van der Waals surface area contributed by atoms with E-state index in [0.29, 0.717) is 37.4 Å². The molecule has 1 fully saturated rings. The molecular weight excluding hydrogens is 338 g/mol. The van der Waals surface area contributed by atoms with Gasteiger partial charge < -0.3 is 10.6 Å². The number of carbonyl (C=O) groups excluding carboxylic acids is 1. The predicted molar refractivity (Wildman–Crippen MR) is 97.2 cm³/mol. The van der Waals surface area contributed by atoms with Crippen molar-refractivity contribution in [3.8, 4) is 0 Å². The maximum Gasteiger partial charge on any atom is 0.255 e. The van der Waals surface area contributed by atoms with E-state index in [1.165, 1.54) is 10.4 Å². The summed E-state index contributed by atoms with van der Waals surface area (Å²) in [6.45, 7) is 4.02. The zero-order valence-corrected chi connectivity index (χ0v) is 14.8. The number of benzene rings is 2. The maximum absolute atomic E-state index is 12.9. The largest absolute Gasteiger partial charge is 0.321 e. The van der Waals surface area contributed by atoms with Gasteiger partial charge in [-0.3, -0.25) is 4.79 Å². The summed E-state index contributed by atoms with van der Waals surface area (Å²) >= 11 is 0. The molecule has 25 heavy (non-hydrogen) atoms. The highest BCUT2D eigenvalue weighted by Crippen LogP contribution is 2.25. The van der Waals surface area contributed by atoms with E-state index in [1.54, 1.807) is 30.3 Å². The molecule has 0 bridgehead atoms. The lowest BCUT2D eigenvalue weighted by molar-refractivity contribution is 0.102. The van der Waals surface area contributed by atoms with Gasteiger partial charge in [0, 0.05) is 31.7 Å². The number of piperazine rings is 1. The van der Waals surface area contributed by atoms with Gasteiger partial charge in [0.1, 0.15) is 4.90 Å². The molecule has 0 saturated carbocycles. The second-order valence-electron chi connectivity index (χ2n) is 5.97. The number of anilines is 1. The van der Waals surface area contributed by atoms with Gasteiger partial charge in [-0.25, -0.2) is 8.42 Å². The Labute approximate surface area is 147 Å². The third kappa shape index (κ3) is 3.89. The molecule has 2 N–H and O–H groups in total. The number of nitrogens with one attached hydrogen (secondary N) is 2. The molecule has 0 radical (unpaired) electrons. The Balaban J connectivity index is 1.88. The number of carbonyl (C=O) groups is 1. The van der Waals surface area contributed by atoms with Gasteiger partial charge in [0.2, 0.25) is 10.0 Å². The zero-order valence-electron chi connectivity index (χ0n) is 14.0. The average molecular weight is 359 g/mol. The Bertz CT molecular complexity index is 857.